The van der Waals surface area contributed by atoms with Crippen molar-refractivity contribution in [3.63, 3.8) is 0 Å². The molecular formula is C20H25ClFN3O4S. The number of piperidine rings is 1. The summed E-state index contributed by atoms with van der Waals surface area (Å²) in [5.74, 6) is -0.510. The van der Waals surface area contributed by atoms with Gasteiger partial charge in [-0.25, -0.2) is 12.8 Å². The summed E-state index contributed by atoms with van der Waals surface area (Å²) in [7, 11) is -3.67. The van der Waals surface area contributed by atoms with E-state index in [0.717, 1.165) is 0 Å². The number of aromatic nitrogens is 1. The van der Waals surface area contributed by atoms with Crippen LogP contribution >= 0.6 is 11.6 Å². The van der Waals surface area contributed by atoms with E-state index in [4.69, 9.17) is 16.1 Å². The summed E-state index contributed by atoms with van der Waals surface area (Å²) in [6, 6.07) is 4.05. The number of carbonyl (C=O) groups is 1. The van der Waals surface area contributed by atoms with E-state index in [-0.39, 0.29) is 40.0 Å². The van der Waals surface area contributed by atoms with Gasteiger partial charge in [-0.2, -0.15) is 4.31 Å². The molecule has 1 aromatic carbocycles. The summed E-state index contributed by atoms with van der Waals surface area (Å²) in [6.07, 6.45) is 1.16. The van der Waals surface area contributed by atoms with Crippen molar-refractivity contribution in [3.05, 3.63) is 46.1 Å². The van der Waals surface area contributed by atoms with Crippen LogP contribution in [0.3, 0.4) is 0 Å². The van der Waals surface area contributed by atoms with Crippen molar-refractivity contribution >= 4 is 27.5 Å². The van der Waals surface area contributed by atoms with Gasteiger partial charge in [0.2, 0.25) is 15.9 Å². The van der Waals surface area contributed by atoms with Gasteiger partial charge in [0.05, 0.1) is 0 Å². The van der Waals surface area contributed by atoms with E-state index in [1.807, 2.05) is 6.92 Å². The van der Waals surface area contributed by atoms with E-state index in [9.17, 15) is 17.6 Å². The Morgan fingerprint density at radius 1 is 1.37 bits per heavy atom. The Balaban J connectivity index is 1.57. The van der Waals surface area contributed by atoms with E-state index in [0.29, 0.717) is 37.2 Å². The van der Waals surface area contributed by atoms with Crippen LogP contribution in [0.1, 0.15) is 36.8 Å². The fraction of sp³-hybridized carbons (Fsp3) is 0.500. The molecule has 0 bridgehead atoms. The molecule has 1 aromatic heterocycles. The molecule has 30 heavy (non-hydrogen) atoms. The monoisotopic (exact) mass is 457 g/mol. The maximum absolute atomic E-state index is 13.1. The minimum absolute atomic E-state index is 0.0600. The molecule has 10 heteroatoms. The SMILES string of the molecule is Cc1noc(C)c1S(=O)(=O)N1CCC(C(C)C(=O)NCc2ccc(F)cc2Cl)CC1. The summed E-state index contributed by atoms with van der Waals surface area (Å²) in [5.41, 5.74) is 0.987. The highest BCUT2D eigenvalue weighted by Gasteiger charge is 2.36. The second-order valence-electron chi connectivity index (χ2n) is 7.64. The van der Waals surface area contributed by atoms with Crippen molar-refractivity contribution in [3.8, 4) is 0 Å². The fourth-order valence-electron chi connectivity index (χ4n) is 3.81. The summed E-state index contributed by atoms with van der Waals surface area (Å²) in [6.45, 7) is 5.90. The molecule has 2 heterocycles. The van der Waals surface area contributed by atoms with Crippen LogP contribution in [0.15, 0.2) is 27.6 Å². The third-order valence-corrected chi connectivity index (χ3v) is 8.15. The second-order valence-corrected chi connectivity index (χ2v) is 9.92. The van der Waals surface area contributed by atoms with Crippen molar-refractivity contribution in [1.29, 1.82) is 0 Å². The first-order valence-electron chi connectivity index (χ1n) is 9.76. The highest BCUT2D eigenvalue weighted by atomic mass is 35.5. The van der Waals surface area contributed by atoms with Crippen LogP contribution < -0.4 is 5.32 Å². The van der Waals surface area contributed by atoms with Crippen LogP contribution in [0.2, 0.25) is 5.02 Å². The van der Waals surface area contributed by atoms with Gasteiger partial charge in [0.25, 0.3) is 0 Å². The van der Waals surface area contributed by atoms with Gasteiger partial charge in [0, 0.05) is 30.6 Å². The van der Waals surface area contributed by atoms with Gasteiger partial charge in [-0.3, -0.25) is 4.79 Å². The Morgan fingerprint density at radius 3 is 2.60 bits per heavy atom. The van der Waals surface area contributed by atoms with Crippen molar-refractivity contribution in [1.82, 2.24) is 14.8 Å². The average Bonchev–Trinajstić information content (AvgIpc) is 3.05. The lowest BCUT2D eigenvalue weighted by Crippen LogP contribution is -2.42. The molecule has 1 amide bonds. The van der Waals surface area contributed by atoms with E-state index in [2.05, 4.69) is 10.5 Å². The minimum atomic E-state index is -3.67. The lowest BCUT2D eigenvalue weighted by atomic mass is 9.85. The van der Waals surface area contributed by atoms with Crippen LogP contribution in [0, 0.1) is 31.5 Å². The molecule has 1 saturated heterocycles. The van der Waals surface area contributed by atoms with Crippen molar-refractivity contribution in [2.24, 2.45) is 11.8 Å². The largest absolute Gasteiger partial charge is 0.360 e. The zero-order valence-corrected chi connectivity index (χ0v) is 18.7. The molecule has 7 nitrogen and oxygen atoms in total. The maximum Gasteiger partial charge on any atom is 0.248 e. The average molecular weight is 458 g/mol. The van der Waals surface area contributed by atoms with Gasteiger partial charge in [-0.1, -0.05) is 29.7 Å². The third kappa shape index (κ3) is 4.68. The highest BCUT2D eigenvalue weighted by molar-refractivity contribution is 7.89. The topological polar surface area (TPSA) is 92.5 Å². The number of sulfonamides is 1. The predicted molar refractivity (Wildman–Crippen MR) is 110 cm³/mol. The molecular weight excluding hydrogens is 433 g/mol. The summed E-state index contributed by atoms with van der Waals surface area (Å²) < 4.78 is 45.4. The number of hydrogen-bond donors (Lipinski definition) is 1. The maximum atomic E-state index is 13.1. The van der Waals surface area contributed by atoms with Crippen molar-refractivity contribution in [2.75, 3.05) is 13.1 Å². The first-order chi connectivity index (χ1) is 14.1. The number of carbonyl (C=O) groups excluding carboxylic acids is 1. The van der Waals surface area contributed by atoms with Gasteiger partial charge in [0.1, 0.15) is 16.4 Å². The molecule has 0 spiro atoms. The lowest BCUT2D eigenvalue weighted by molar-refractivity contribution is -0.126. The molecule has 1 aliphatic rings. The summed E-state index contributed by atoms with van der Waals surface area (Å²) in [5, 5.41) is 6.84. The van der Waals surface area contributed by atoms with Gasteiger partial charge in [-0.15, -0.1) is 0 Å². The number of nitrogens with zero attached hydrogens (tertiary/aromatic N) is 2. The van der Waals surface area contributed by atoms with Gasteiger partial charge >= 0.3 is 0 Å². The zero-order valence-electron chi connectivity index (χ0n) is 17.1. The first-order valence-corrected chi connectivity index (χ1v) is 11.6. The van der Waals surface area contributed by atoms with Crippen LogP contribution in [0.25, 0.3) is 0 Å². The van der Waals surface area contributed by atoms with E-state index in [1.165, 1.54) is 16.4 Å². The number of amides is 1. The number of rotatable bonds is 6. The number of nitrogens with one attached hydrogen (secondary N) is 1. The molecule has 1 aliphatic heterocycles. The first kappa shape index (κ1) is 22.7. The second kappa shape index (κ2) is 9.03. The van der Waals surface area contributed by atoms with Crippen LogP contribution in [-0.2, 0) is 21.4 Å². The smallest absolute Gasteiger partial charge is 0.248 e. The molecule has 1 N–H and O–H groups in total. The Kier molecular flexibility index (Phi) is 6.84. The quantitative estimate of drug-likeness (QED) is 0.717. The van der Waals surface area contributed by atoms with E-state index in [1.54, 1.807) is 19.9 Å². The third-order valence-electron chi connectivity index (χ3n) is 5.65. The van der Waals surface area contributed by atoms with Crippen molar-refractivity contribution in [2.45, 2.75) is 45.1 Å². The van der Waals surface area contributed by atoms with Crippen LogP contribution in [0.4, 0.5) is 4.39 Å². The van der Waals surface area contributed by atoms with Crippen LogP contribution in [0.5, 0.6) is 0 Å². The highest BCUT2D eigenvalue weighted by Crippen LogP contribution is 2.30. The molecule has 2 aromatic rings. The molecule has 1 fully saturated rings. The predicted octanol–water partition coefficient (Wildman–Crippen LogP) is 3.44. The molecule has 0 aliphatic carbocycles. The van der Waals surface area contributed by atoms with E-state index >= 15 is 0 Å². The number of benzene rings is 1. The number of aryl methyl sites for hydroxylation is 2. The molecule has 1 unspecified atom stereocenters. The minimum Gasteiger partial charge on any atom is -0.360 e. The molecule has 0 radical (unpaired) electrons. The van der Waals surface area contributed by atoms with Gasteiger partial charge in [0.15, 0.2) is 5.76 Å². The summed E-state index contributed by atoms with van der Waals surface area (Å²) >= 11 is 6.00. The Morgan fingerprint density at radius 2 is 2.03 bits per heavy atom. The fourth-order valence-corrected chi connectivity index (χ4v) is 5.81. The zero-order chi connectivity index (χ0) is 22.1. The Hall–Kier alpha value is -1.97. The van der Waals surface area contributed by atoms with Gasteiger partial charge < -0.3 is 9.84 Å². The Bertz CT molecular complexity index is 1010. The normalized spacial score (nSPS) is 17.1. The Labute approximate surface area is 180 Å². The lowest BCUT2D eigenvalue weighted by Gasteiger charge is -2.33. The number of hydrogen-bond acceptors (Lipinski definition) is 5. The molecule has 0 saturated carbocycles. The molecule has 3 rings (SSSR count). The van der Waals surface area contributed by atoms with Crippen molar-refractivity contribution < 1.29 is 22.1 Å². The van der Waals surface area contributed by atoms with E-state index < -0.39 is 15.8 Å². The number of halogens is 2. The van der Waals surface area contributed by atoms with Crippen LogP contribution in [-0.4, -0.2) is 36.9 Å². The molecule has 164 valence electrons. The molecule has 1 atom stereocenters. The standard InChI is InChI=1S/C20H25ClFN3O4S/c1-12(20(26)23-11-16-4-5-17(22)10-18(16)21)15-6-8-25(9-7-15)30(27,28)19-13(2)24-29-14(19)3/h4-5,10,12,15H,6-9,11H2,1-3H3,(H,23,26). The van der Waals surface area contributed by atoms with Gasteiger partial charge in [-0.05, 0) is 50.3 Å². The summed E-state index contributed by atoms with van der Waals surface area (Å²) in [4.78, 5) is 12.7.